The van der Waals surface area contributed by atoms with Gasteiger partial charge in [-0.15, -0.1) is 0 Å². The lowest BCUT2D eigenvalue weighted by molar-refractivity contribution is -0.137. The minimum atomic E-state index is -4.57. The van der Waals surface area contributed by atoms with E-state index < -0.39 is 17.8 Å². The predicted octanol–water partition coefficient (Wildman–Crippen LogP) is 2.65. The molecule has 1 aromatic heterocycles. The Bertz CT molecular complexity index is 841. The van der Waals surface area contributed by atoms with Crippen molar-refractivity contribution >= 4 is 23.1 Å². The van der Waals surface area contributed by atoms with E-state index >= 15 is 0 Å². The maximum Gasteiger partial charge on any atom is 0.421 e. The van der Waals surface area contributed by atoms with Crippen LogP contribution in [0.5, 0.6) is 0 Å². The van der Waals surface area contributed by atoms with Gasteiger partial charge in [0.2, 0.25) is 5.95 Å². The molecule has 2 aliphatic heterocycles. The number of hydrogen-bond acceptors (Lipinski definition) is 7. The number of anilines is 4. The van der Waals surface area contributed by atoms with Gasteiger partial charge >= 0.3 is 6.18 Å². The van der Waals surface area contributed by atoms with E-state index in [0.717, 1.165) is 25.0 Å². The summed E-state index contributed by atoms with van der Waals surface area (Å²) < 4.78 is 45.5. The maximum atomic E-state index is 13.4. The van der Waals surface area contributed by atoms with Crippen molar-refractivity contribution in [1.82, 2.24) is 9.97 Å². The molecule has 2 saturated heterocycles. The average molecular weight is 409 g/mol. The average Bonchev–Trinajstić information content (AvgIpc) is 3.15. The lowest BCUT2D eigenvalue weighted by Crippen LogP contribution is -2.36. The smallest absolute Gasteiger partial charge is 0.391 e. The minimum Gasteiger partial charge on any atom is -0.391 e. The van der Waals surface area contributed by atoms with E-state index in [0.29, 0.717) is 31.9 Å². The van der Waals surface area contributed by atoms with Gasteiger partial charge in [-0.25, -0.2) is 4.98 Å². The standard InChI is InChI=1S/C19H22F3N5O2/c20-19(21,22)16-11-23-18(25-17(16)27-6-5-15(28)12-27)24-13-1-3-14(4-2-13)26-7-9-29-10-8-26/h1-4,11,15,28H,5-10,12H2,(H,23,24,25)/t15-/m1/s1. The number of ether oxygens (including phenoxy) is 1. The molecule has 7 nitrogen and oxygen atoms in total. The quantitative estimate of drug-likeness (QED) is 0.804. The second-order valence-corrected chi connectivity index (χ2v) is 7.09. The summed E-state index contributed by atoms with van der Waals surface area (Å²) in [7, 11) is 0. The van der Waals surface area contributed by atoms with Gasteiger partial charge in [0.1, 0.15) is 11.4 Å². The summed E-state index contributed by atoms with van der Waals surface area (Å²) in [5.74, 6) is -0.134. The zero-order chi connectivity index (χ0) is 20.4. The summed E-state index contributed by atoms with van der Waals surface area (Å²) >= 11 is 0. The summed E-state index contributed by atoms with van der Waals surface area (Å²) in [4.78, 5) is 11.6. The molecule has 0 unspecified atom stereocenters. The number of hydrogen-bond donors (Lipinski definition) is 2. The van der Waals surface area contributed by atoms with E-state index in [1.54, 1.807) is 0 Å². The molecule has 0 bridgehead atoms. The number of aromatic nitrogens is 2. The van der Waals surface area contributed by atoms with E-state index in [1.807, 2.05) is 24.3 Å². The van der Waals surface area contributed by atoms with Gasteiger partial charge in [-0.3, -0.25) is 0 Å². The second kappa shape index (κ2) is 8.03. The molecular formula is C19H22F3N5O2. The Kier molecular flexibility index (Phi) is 5.46. The fraction of sp³-hybridized carbons (Fsp3) is 0.474. The number of halogens is 3. The van der Waals surface area contributed by atoms with Gasteiger partial charge in [-0.05, 0) is 30.7 Å². The predicted molar refractivity (Wildman–Crippen MR) is 103 cm³/mol. The first kappa shape index (κ1) is 19.7. The minimum absolute atomic E-state index is 0.0773. The van der Waals surface area contributed by atoms with E-state index in [2.05, 4.69) is 20.2 Å². The number of nitrogens with zero attached hydrogens (tertiary/aromatic N) is 4. The molecule has 1 aromatic carbocycles. The molecule has 2 aromatic rings. The van der Waals surface area contributed by atoms with Crippen molar-refractivity contribution in [1.29, 1.82) is 0 Å². The molecule has 29 heavy (non-hydrogen) atoms. The zero-order valence-electron chi connectivity index (χ0n) is 15.7. The number of morpholine rings is 1. The third-order valence-corrected chi connectivity index (χ3v) is 5.04. The highest BCUT2D eigenvalue weighted by atomic mass is 19.4. The van der Waals surface area contributed by atoms with Crippen molar-refractivity contribution in [3.63, 3.8) is 0 Å². The fourth-order valence-electron chi connectivity index (χ4n) is 3.51. The number of alkyl halides is 3. The van der Waals surface area contributed by atoms with Crippen molar-refractivity contribution < 1.29 is 23.0 Å². The molecule has 10 heteroatoms. The van der Waals surface area contributed by atoms with Gasteiger partial charge < -0.3 is 25.0 Å². The summed E-state index contributed by atoms with van der Waals surface area (Å²) in [5.41, 5.74) is 0.827. The van der Waals surface area contributed by atoms with Crippen LogP contribution in [0.1, 0.15) is 12.0 Å². The third-order valence-electron chi connectivity index (χ3n) is 5.04. The normalized spacial score (nSPS) is 20.2. The molecule has 4 rings (SSSR count). The van der Waals surface area contributed by atoms with Crippen molar-refractivity contribution in [3.05, 3.63) is 36.0 Å². The molecular weight excluding hydrogens is 387 g/mol. The van der Waals surface area contributed by atoms with Gasteiger partial charge in [0.25, 0.3) is 0 Å². The molecule has 0 spiro atoms. The molecule has 2 N–H and O–H groups in total. The van der Waals surface area contributed by atoms with Crippen molar-refractivity contribution in [2.24, 2.45) is 0 Å². The molecule has 156 valence electrons. The maximum absolute atomic E-state index is 13.4. The first-order valence-corrected chi connectivity index (χ1v) is 9.47. The van der Waals surface area contributed by atoms with Crippen LogP contribution in [0.25, 0.3) is 0 Å². The Morgan fingerprint density at radius 3 is 2.41 bits per heavy atom. The van der Waals surface area contributed by atoms with Crippen LogP contribution < -0.4 is 15.1 Å². The number of aliphatic hydroxyl groups is 1. The number of benzene rings is 1. The molecule has 0 aliphatic carbocycles. The molecule has 2 aliphatic rings. The van der Waals surface area contributed by atoms with Crippen LogP contribution in [0.4, 0.5) is 36.3 Å². The number of rotatable bonds is 4. The first-order valence-electron chi connectivity index (χ1n) is 9.47. The molecule has 3 heterocycles. The molecule has 1 atom stereocenters. The second-order valence-electron chi connectivity index (χ2n) is 7.09. The van der Waals surface area contributed by atoms with Crippen molar-refractivity contribution in [2.45, 2.75) is 18.7 Å². The Morgan fingerprint density at radius 1 is 1.07 bits per heavy atom. The van der Waals surface area contributed by atoms with Gasteiger partial charge in [-0.1, -0.05) is 0 Å². The highest BCUT2D eigenvalue weighted by molar-refractivity contribution is 5.61. The summed E-state index contributed by atoms with van der Waals surface area (Å²) in [6.07, 6.45) is -4.03. The Balaban J connectivity index is 1.54. The van der Waals surface area contributed by atoms with Crippen LogP contribution in [0.15, 0.2) is 30.5 Å². The van der Waals surface area contributed by atoms with Crippen LogP contribution in [-0.4, -0.2) is 60.6 Å². The summed E-state index contributed by atoms with van der Waals surface area (Å²) in [6, 6.07) is 7.56. The first-order chi connectivity index (χ1) is 13.9. The Labute approximate surface area is 166 Å². The number of nitrogens with one attached hydrogen (secondary N) is 1. The van der Waals surface area contributed by atoms with E-state index in [1.165, 1.54) is 4.90 Å². The van der Waals surface area contributed by atoms with Gasteiger partial charge in [0.05, 0.1) is 19.3 Å². The monoisotopic (exact) mass is 409 g/mol. The van der Waals surface area contributed by atoms with Crippen LogP contribution >= 0.6 is 0 Å². The molecule has 0 amide bonds. The summed E-state index contributed by atoms with van der Waals surface area (Å²) in [6.45, 7) is 3.45. The van der Waals surface area contributed by atoms with E-state index in [9.17, 15) is 18.3 Å². The molecule has 0 saturated carbocycles. The SMILES string of the molecule is O[C@@H]1CCN(c2nc(Nc3ccc(N4CCOCC4)cc3)ncc2C(F)(F)F)C1. The topological polar surface area (TPSA) is 73.8 Å². The van der Waals surface area contributed by atoms with Gasteiger partial charge in [0.15, 0.2) is 0 Å². The van der Waals surface area contributed by atoms with E-state index in [4.69, 9.17) is 4.74 Å². The Hall–Kier alpha value is -2.59. The molecule has 2 fully saturated rings. The van der Waals surface area contributed by atoms with Crippen LogP contribution in [0.2, 0.25) is 0 Å². The van der Waals surface area contributed by atoms with E-state index in [-0.39, 0.29) is 18.3 Å². The third kappa shape index (κ3) is 4.54. The van der Waals surface area contributed by atoms with Crippen LogP contribution in [0, 0.1) is 0 Å². The van der Waals surface area contributed by atoms with Crippen molar-refractivity contribution in [2.75, 3.05) is 54.5 Å². The van der Waals surface area contributed by atoms with Crippen LogP contribution in [0.3, 0.4) is 0 Å². The largest absolute Gasteiger partial charge is 0.421 e. The summed E-state index contributed by atoms with van der Waals surface area (Å²) in [5, 5.41) is 12.7. The zero-order valence-corrected chi connectivity index (χ0v) is 15.7. The lowest BCUT2D eigenvalue weighted by atomic mass is 10.2. The lowest BCUT2D eigenvalue weighted by Gasteiger charge is -2.28. The van der Waals surface area contributed by atoms with Gasteiger partial charge in [-0.2, -0.15) is 18.2 Å². The number of β-amino-alcohol motifs (C(OH)–C–C–N with tert-alkyl or cyclic N) is 1. The van der Waals surface area contributed by atoms with Gasteiger partial charge in [0, 0.05) is 43.8 Å². The molecule has 0 radical (unpaired) electrons. The Morgan fingerprint density at radius 2 is 1.79 bits per heavy atom. The van der Waals surface area contributed by atoms with Crippen LogP contribution in [-0.2, 0) is 10.9 Å². The fourth-order valence-corrected chi connectivity index (χ4v) is 3.51. The van der Waals surface area contributed by atoms with Crippen molar-refractivity contribution in [3.8, 4) is 0 Å². The highest BCUT2D eigenvalue weighted by Crippen LogP contribution is 2.37. The highest BCUT2D eigenvalue weighted by Gasteiger charge is 2.38. The number of aliphatic hydroxyl groups excluding tert-OH is 1.